The van der Waals surface area contributed by atoms with Gasteiger partial charge in [-0.15, -0.1) is 0 Å². The number of rotatable bonds is 11. The number of primary sulfonamides is 1. The Morgan fingerprint density at radius 2 is 1.67 bits per heavy atom. The lowest BCUT2D eigenvalue weighted by Crippen LogP contribution is -2.47. The largest absolute Gasteiger partial charge is 0.494 e. The van der Waals surface area contributed by atoms with Gasteiger partial charge in [-0.05, 0) is 127 Å². The predicted octanol–water partition coefficient (Wildman–Crippen LogP) is 6.71. The number of benzene rings is 3. The van der Waals surface area contributed by atoms with Crippen molar-refractivity contribution in [1.82, 2.24) is 0 Å². The molecular weight excluding hydrogens is 558 g/mol. The van der Waals surface area contributed by atoms with Gasteiger partial charge in [0.25, 0.3) is 0 Å². The summed E-state index contributed by atoms with van der Waals surface area (Å²) in [6.45, 7) is 3.45. The smallest absolute Gasteiger partial charge is 0.209 e. The molecule has 0 spiro atoms. The van der Waals surface area contributed by atoms with Gasteiger partial charge in [0.2, 0.25) is 10.0 Å². The highest BCUT2D eigenvalue weighted by Crippen LogP contribution is 2.65. The van der Waals surface area contributed by atoms with Crippen LogP contribution in [0.25, 0.3) is 0 Å². The van der Waals surface area contributed by atoms with Crippen LogP contribution in [0.15, 0.2) is 72.8 Å². The highest BCUT2D eigenvalue weighted by molar-refractivity contribution is 7.89. The molecule has 0 bridgehead atoms. The molecule has 0 aromatic heterocycles. The van der Waals surface area contributed by atoms with E-state index >= 15 is 0 Å². The fourth-order valence-electron chi connectivity index (χ4n) is 8.40. The van der Waals surface area contributed by atoms with Crippen LogP contribution < -0.4 is 14.6 Å². The summed E-state index contributed by atoms with van der Waals surface area (Å²) in [6.07, 6.45) is 7.06. The standard InChI is InChI=1S/C36H45NO5S/c1-36-23-32(26-10-13-28(14-11-26)41-20-6-3-7-21-43(37,39)40)35-30-17-15-29(42-24-25-8-4-2-5-9-25)22-27(30)12-16-31(35)33(36)18-19-34(36)38/h2,4-5,8-11,13-15,17,22,31-35,38H,3,6-7,12,16,18-21,23-24H2,1H3,(H2,37,39,40)/t31?,32-,33?,34+,35?,36+/m1/s1. The fraction of sp³-hybridized carbons (Fsp3) is 0.500. The predicted molar refractivity (Wildman–Crippen MR) is 170 cm³/mol. The number of nitrogens with two attached hydrogens (primary N) is 1. The molecule has 0 aliphatic heterocycles. The molecule has 6 rings (SSSR count). The molecule has 6 nitrogen and oxygen atoms in total. The van der Waals surface area contributed by atoms with Crippen molar-refractivity contribution < 1.29 is 23.0 Å². The fourth-order valence-corrected chi connectivity index (χ4v) is 9.00. The molecule has 3 aliphatic carbocycles. The number of hydrogen-bond donors (Lipinski definition) is 2. The summed E-state index contributed by atoms with van der Waals surface area (Å²) in [6, 6.07) is 25.6. The zero-order chi connectivity index (χ0) is 30.0. The van der Waals surface area contributed by atoms with Crippen molar-refractivity contribution in [2.45, 2.75) is 82.8 Å². The molecule has 0 amide bonds. The number of ether oxygens (including phenoxy) is 2. The molecule has 230 valence electrons. The Kier molecular flexibility index (Phi) is 8.86. The Morgan fingerprint density at radius 3 is 2.44 bits per heavy atom. The molecule has 3 N–H and O–H groups in total. The van der Waals surface area contributed by atoms with Gasteiger partial charge < -0.3 is 14.6 Å². The third-order valence-corrected chi connectivity index (χ3v) is 11.4. The Bertz CT molecular complexity index is 1490. The molecule has 3 aliphatic rings. The minimum absolute atomic E-state index is 0.0187. The molecular formula is C36H45NO5S. The highest BCUT2D eigenvalue weighted by Gasteiger charge is 2.57. The minimum Gasteiger partial charge on any atom is -0.494 e. The van der Waals surface area contributed by atoms with Crippen LogP contribution in [-0.2, 0) is 23.1 Å². The van der Waals surface area contributed by atoms with Crippen LogP contribution in [0.4, 0.5) is 0 Å². The van der Waals surface area contributed by atoms with E-state index in [2.05, 4.69) is 61.5 Å². The van der Waals surface area contributed by atoms with E-state index in [0.29, 0.717) is 43.3 Å². The molecule has 7 heteroatoms. The first-order chi connectivity index (χ1) is 20.7. The van der Waals surface area contributed by atoms with Gasteiger partial charge in [-0.2, -0.15) is 0 Å². The number of fused-ring (bicyclic) bond motifs is 5. The average Bonchev–Trinajstić information content (AvgIpc) is 3.31. The zero-order valence-electron chi connectivity index (χ0n) is 25.2. The molecule has 0 radical (unpaired) electrons. The summed E-state index contributed by atoms with van der Waals surface area (Å²) in [5.41, 5.74) is 5.28. The summed E-state index contributed by atoms with van der Waals surface area (Å²) in [7, 11) is -3.40. The van der Waals surface area contributed by atoms with E-state index in [1.807, 2.05) is 18.2 Å². The van der Waals surface area contributed by atoms with Crippen molar-refractivity contribution in [3.05, 3.63) is 95.1 Å². The first kappa shape index (κ1) is 30.2. The van der Waals surface area contributed by atoms with E-state index in [0.717, 1.165) is 56.4 Å². The van der Waals surface area contributed by atoms with E-state index in [9.17, 15) is 13.5 Å². The van der Waals surface area contributed by atoms with Gasteiger partial charge in [0.15, 0.2) is 0 Å². The molecule has 2 fully saturated rings. The summed E-state index contributed by atoms with van der Waals surface area (Å²) in [4.78, 5) is 0. The van der Waals surface area contributed by atoms with Gasteiger partial charge in [-0.25, -0.2) is 13.6 Å². The maximum atomic E-state index is 11.2. The van der Waals surface area contributed by atoms with E-state index < -0.39 is 10.0 Å². The Labute approximate surface area is 256 Å². The Hall–Kier alpha value is -2.87. The van der Waals surface area contributed by atoms with Gasteiger partial charge in [-0.3, -0.25) is 0 Å². The average molecular weight is 604 g/mol. The molecule has 0 saturated heterocycles. The van der Waals surface area contributed by atoms with E-state index in [4.69, 9.17) is 14.6 Å². The molecule has 3 aromatic carbocycles. The molecule has 3 unspecified atom stereocenters. The summed E-state index contributed by atoms with van der Waals surface area (Å²) in [5.74, 6) is 3.62. The monoisotopic (exact) mass is 603 g/mol. The molecule has 0 heterocycles. The van der Waals surface area contributed by atoms with Gasteiger partial charge in [0.05, 0.1) is 18.5 Å². The van der Waals surface area contributed by atoms with Crippen molar-refractivity contribution in [3.63, 3.8) is 0 Å². The van der Waals surface area contributed by atoms with Crippen molar-refractivity contribution in [1.29, 1.82) is 0 Å². The van der Waals surface area contributed by atoms with Crippen LogP contribution in [0.2, 0.25) is 0 Å². The van der Waals surface area contributed by atoms with Crippen molar-refractivity contribution in [3.8, 4) is 11.5 Å². The first-order valence-electron chi connectivity index (χ1n) is 15.9. The Morgan fingerprint density at radius 1 is 0.907 bits per heavy atom. The van der Waals surface area contributed by atoms with Crippen LogP contribution in [0.1, 0.15) is 86.0 Å². The molecule has 6 atom stereocenters. The summed E-state index contributed by atoms with van der Waals surface area (Å²) < 4.78 is 34.4. The van der Waals surface area contributed by atoms with Crippen molar-refractivity contribution >= 4 is 10.0 Å². The van der Waals surface area contributed by atoms with Gasteiger partial charge >= 0.3 is 0 Å². The number of unbranched alkanes of at least 4 members (excludes halogenated alkanes) is 2. The number of aliphatic hydroxyl groups excluding tert-OH is 1. The maximum Gasteiger partial charge on any atom is 0.209 e. The van der Waals surface area contributed by atoms with Crippen LogP contribution in [0, 0.1) is 17.3 Å². The van der Waals surface area contributed by atoms with E-state index in [1.54, 1.807) is 0 Å². The SMILES string of the molecule is C[C@]12C[C@H](c3ccc(OCCCCCS(N)(=O)=O)cc3)C3c4ccc(OCc5ccccc5)cc4CCC3C1CC[C@@H]2O. The lowest BCUT2D eigenvalue weighted by Gasteiger charge is -2.54. The summed E-state index contributed by atoms with van der Waals surface area (Å²) >= 11 is 0. The second-order valence-electron chi connectivity index (χ2n) is 13.2. The van der Waals surface area contributed by atoms with E-state index in [1.165, 1.54) is 22.3 Å². The van der Waals surface area contributed by atoms with E-state index in [-0.39, 0.29) is 17.3 Å². The maximum absolute atomic E-state index is 11.2. The van der Waals surface area contributed by atoms with Crippen LogP contribution in [0.3, 0.4) is 0 Å². The summed E-state index contributed by atoms with van der Waals surface area (Å²) in [5, 5.41) is 16.3. The highest BCUT2D eigenvalue weighted by atomic mass is 32.2. The van der Waals surface area contributed by atoms with Crippen LogP contribution >= 0.6 is 0 Å². The lowest BCUT2D eigenvalue weighted by molar-refractivity contribution is -0.0323. The lowest BCUT2D eigenvalue weighted by atomic mass is 9.51. The van der Waals surface area contributed by atoms with Crippen LogP contribution in [0.5, 0.6) is 11.5 Å². The van der Waals surface area contributed by atoms with Gasteiger partial charge in [-0.1, -0.05) is 55.5 Å². The normalized spacial score (nSPS) is 28.0. The van der Waals surface area contributed by atoms with Crippen LogP contribution in [-0.4, -0.2) is 32.0 Å². The minimum atomic E-state index is -3.40. The zero-order valence-corrected chi connectivity index (χ0v) is 26.0. The quantitative estimate of drug-likeness (QED) is 0.237. The second kappa shape index (κ2) is 12.6. The third-order valence-electron chi connectivity index (χ3n) is 10.5. The molecule has 43 heavy (non-hydrogen) atoms. The second-order valence-corrected chi connectivity index (χ2v) is 15.0. The molecule has 3 aromatic rings. The number of hydrogen-bond acceptors (Lipinski definition) is 5. The van der Waals surface area contributed by atoms with Gasteiger partial charge in [0.1, 0.15) is 18.1 Å². The Balaban J connectivity index is 1.19. The van der Waals surface area contributed by atoms with Gasteiger partial charge in [0, 0.05) is 0 Å². The number of sulfonamides is 1. The first-order valence-corrected chi connectivity index (χ1v) is 17.6. The molecule has 2 saturated carbocycles. The van der Waals surface area contributed by atoms with Crippen molar-refractivity contribution in [2.75, 3.05) is 12.4 Å². The number of aryl methyl sites for hydroxylation is 1. The topological polar surface area (TPSA) is 98.9 Å². The van der Waals surface area contributed by atoms with Crippen molar-refractivity contribution in [2.24, 2.45) is 22.4 Å². The number of aliphatic hydroxyl groups is 1. The third kappa shape index (κ3) is 6.64.